The molecule has 1 aromatic rings. The monoisotopic (exact) mass is 270 g/mol. The Labute approximate surface area is 109 Å². The van der Waals surface area contributed by atoms with Crippen molar-refractivity contribution in [3.05, 3.63) is 23.6 Å². The van der Waals surface area contributed by atoms with Gasteiger partial charge in [0.05, 0.1) is 7.11 Å². The van der Waals surface area contributed by atoms with Gasteiger partial charge in [-0.1, -0.05) is 0 Å². The average molecular weight is 270 g/mol. The number of carbonyl (C=O) groups excluding carboxylic acids is 2. The van der Waals surface area contributed by atoms with Gasteiger partial charge in [-0.15, -0.1) is 0 Å². The summed E-state index contributed by atoms with van der Waals surface area (Å²) in [7, 11) is 1.17. The van der Waals surface area contributed by atoms with Gasteiger partial charge in [0.25, 0.3) is 0 Å². The lowest BCUT2D eigenvalue weighted by Crippen LogP contribution is -2.28. The first-order chi connectivity index (χ1) is 8.73. The van der Waals surface area contributed by atoms with Crippen LogP contribution in [0.2, 0.25) is 0 Å². The van der Waals surface area contributed by atoms with E-state index in [4.69, 9.17) is 4.74 Å². The fourth-order valence-electron chi connectivity index (χ4n) is 1.15. The predicted octanol–water partition coefficient (Wildman–Crippen LogP) is 2.35. The molecule has 0 spiro atoms. The molecule has 1 N–H and O–H groups in total. The summed E-state index contributed by atoms with van der Waals surface area (Å²) in [4.78, 5) is 26.4. The van der Waals surface area contributed by atoms with Crippen molar-refractivity contribution >= 4 is 17.9 Å². The summed E-state index contributed by atoms with van der Waals surface area (Å²) < 4.78 is 22.8. The lowest BCUT2D eigenvalue weighted by atomic mass is 10.2. The molecule has 1 amide bonds. The first kappa shape index (κ1) is 14.9. The van der Waals surface area contributed by atoms with E-state index in [0.29, 0.717) is 0 Å². The van der Waals surface area contributed by atoms with Crippen molar-refractivity contribution in [1.82, 2.24) is 4.98 Å². The van der Waals surface area contributed by atoms with E-state index in [1.165, 1.54) is 7.11 Å². The number of hydrogen-bond donors (Lipinski definition) is 1. The minimum Gasteiger partial charge on any atom is -0.464 e. The summed E-state index contributed by atoms with van der Waals surface area (Å²) in [5, 5.41) is 2.13. The van der Waals surface area contributed by atoms with E-state index in [0.717, 1.165) is 12.1 Å². The van der Waals surface area contributed by atoms with Crippen LogP contribution in [-0.2, 0) is 9.47 Å². The van der Waals surface area contributed by atoms with Crippen LogP contribution in [0.1, 0.15) is 31.3 Å². The second-order valence-electron chi connectivity index (χ2n) is 4.65. The van der Waals surface area contributed by atoms with Crippen molar-refractivity contribution in [2.24, 2.45) is 0 Å². The average Bonchev–Trinajstić information content (AvgIpc) is 2.28. The van der Waals surface area contributed by atoms with E-state index in [-0.39, 0.29) is 5.69 Å². The predicted molar refractivity (Wildman–Crippen MR) is 65.4 cm³/mol. The largest absolute Gasteiger partial charge is 0.464 e. The van der Waals surface area contributed by atoms with Gasteiger partial charge in [-0.05, 0) is 32.9 Å². The van der Waals surface area contributed by atoms with Crippen LogP contribution in [-0.4, -0.2) is 29.8 Å². The number of pyridine rings is 1. The molecule has 104 valence electrons. The van der Waals surface area contributed by atoms with Crippen LogP contribution in [0.15, 0.2) is 12.1 Å². The van der Waals surface area contributed by atoms with Crippen LogP contribution in [0, 0.1) is 5.82 Å². The first-order valence-electron chi connectivity index (χ1n) is 5.48. The minimum absolute atomic E-state index is 0.116. The highest BCUT2D eigenvalue weighted by atomic mass is 19.1. The molecule has 1 rings (SSSR count). The Morgan fingerprint density at radius 1 is 1.32 bits per heavy atom. The van der Waals surface area contributed by atoms with Gasteiger partial charge in [0, 0.05) is 0 Å². The van der Waals surface area contributed by atoms with Crippen LogP contribution in [0.4, 0.5) is 15.0 Å². The van der Waals surface area contributed by atoms with E-state index >= 15 is 0 Å². The first-order valence-corrected chi connectivity index (χ1v) is 5.48. The molecule has 0 unspecified atom stereocenters. The highest BCUT2D eigenvalue weighted by molar-refractivity contribution is 5.89. The molecule has 7 heteroatoms. The smallest absolute Gasteiger partial charge is 0.413 e. The van der Waals surface area contributed by atoms with Gasteiger partial charge >= 0.3 is 12.1 Å². The number of esters is 1. The number of nitrogens with zero attached hydrogens (tertiary/aromatic N) is 1. The fraction of sp³-hybridized carbons (Fsp3) is 0.417. The summed E-state index contributed by atoms with van der Waals surface area (Å²) in [5.41, 5.74) is -0.837. The van der Waals surface area contributed by atoms with E-state index in [9.17, 15) is 14.0 Å². The van der Waals surface area contributed by atoms with E-state index in [2.05, 4.69) is 15.0 Å². The molecule has 0 saturated heterocycles. The Bertz CT molecular complexity index is 497. The highest BCUT2D eigenvalue weighted by Crippen LogP contribution is 2.14. The van der Waals surface area contributed by atoms with Crippen molar-refractivity contribution in [3.8, 4) is 0 Å². The van der Waals surface area contributed by atoms with Gasteiger partial charge in [-0.2, -0.15) is 0 Å². The van der Waals surface area contributed by atoms with Gasteiger partial charge < -0.3 is 9.47 Å². The summed E-state index contributed by atoms with van der Waals surface area (Å²) in [6.45, 7) is 5.00. The molecular weight excluding hydrogens is 255 g/mol. The number of aromatic nitrogens is 1. The Morgan fingerprint density at radius 3 is 2.47 bits per heavy atom. The minimum atomic E-state index is -0.860. The number of anilines is 1. The van der Waals surface area contributed by atoms with Crippen molar-refractivity contribution in [1.29, 1.82) is 0 Å². The third kappa shape index (κ3) is 4.53. The molecular formula is C12H15FN2O4. The van der Waals surface area contributed by atoms with Crippen LogP contribution < -0.4 is 5.32 Å². The molecule has 0 saturated carbocycles. The van der Waals surface area contributed by atoms with Crippen molar-refractivity contribution in [2.75, 3.05) is 12.4 Å². The summed E-state index contributed by atoms with van der Waals surface area (Å²) in [5.74, 6) is -1.90. The Kier molecular flexibility index (Phi) is 4.42. The zero-order valence-electron chi connectivity index (χ0n) is 11.1. The molecule has 1 heterocycles. The van der Waals surface area contributed by atoms with E-state index in [1.807, 2.05) is 0 Å². The van der Waals surface area contributed by atoms with Crippen molar-refractivity contribution in [3.63, 3.8) is 0 Å². The summed E-state index contributed by atoms with van der Waals surface area (Å²) in [6.07, 6.45) is -0.860. The van der Waals surface area contributed by atoms with Crippen LogP contribution in [0.5, 0.6) is 0 Å². The zero-order valence-corrected chi connectivity index (χ0v) is 11.1. The molecule has 0 radical (unpaired) electrons. The molecule has 0 bridgehead atoms. The van der Waals surface area contributed by atoms with E-state index in [1.54, 1.807) is 20.8 Å². The molecule has 1 aromatic heterocycles. The third-order valence-electron chi connectivity index (χ3n) is 1.86. The SMILES string of the molecule is COC(=O)c1ccc(F)c(NC(=O)OC(C)(C)C)n1. The Balaban J connectivity index is 2.88. The maximum absolute atomic E-state index is 13.4. The van der Waals surface area contributed by atoms with Crippen LogP contribution in [0.3, 0.4) is 0 Å². The molecule has 6 nitrogen and oxygen atoms in total. The normalized spacial score (nSPS) is 10.8. The summed E-state index contributed by atoms with van der Waals surface area (Å²) >= 11 is 0. The van der Waals surface area contributed by atoms with E-state index < -0.39 is 29.3 Å². The fourth-order valence-corrected chi connectivity index (χ4v) is 1.15. The van der Waals surface area contributed by atoms with Gasteiger partial charge in [0.15, 0.2) is 17.3 Å². The topological polar surface area (TPSA) is 77.5 Å². The number of rotatable bonds is 2. The van der Waals surface area contributed by atoms with Crippen molar-refractivity contribution in [2.45, 2.75) is 26.4 Å². The third-order valence-corrected chi connectivity index (χ3v) is 1.86. The highest BCUT2D eigenvalue weighted by Gasteiger charge is 2.19. The van der Waals surface area contributed by atoms with Gasteiger partial charge in [0.2, 0.25) is 0 Å². The van der Waals surface area contributed by atoms with Crippen LogP contribution in [0.25, 0.3) is 0 Å². The zero-order chi connectivity index (χ0) is 14.6. The quantitative estimate of drug-likeness (QED) is 0.835. The molecule has 0 aliphatic heterocycles. The van der Waals surface area contributed by atoms with Crippen molar-refractivity contribution < 1.29 is 23.5 Å². The second-order valence-corrected chi connectivity index (χ2v) is 4.65. The molecule has 19 heavy (non-hydrogen) atoms. The van der Waals surface area contributed by atoms with Gasteiger partial charge in [-0.3, -0.25) is 5.32 Å². The van der Waals surface area contributed by atoms with Crippen LogP contribution >= 0.6 is 0 Å². The van der Waals surface area contributed by atoms with Gasteiger partial charge in [-0.25, -0.2) is 19.0 Å². The Hall–Kier alpha value is -2.18. The lowest BCUT2D eigenvalue weighted by Gasteiger charge is -2.19. The molecule has 0 aliphatic rings. The molecule has 0 fully saturated rings. The van der Waals surface area contributed by atoms with Gasteiger partial charge in [0.1, 0.15) is 5.60 Å². The number of nitrogens with one attached hydrogen (secondary N) is 1. The number of methoxy groups -OCH3 is 1. The number of amides is 1. The Morgan fingerprint density at radius 2 is 1.95 bits per heavy atom. The number of hydrogen-bond acceptors (Lipinski definition) is 5. The number of halogens is 1. The molecule has 0 aliphatic carbocycles. The summed E-state index contributed by atoms with van der Waals surface area (Å²) in [6, 6.07) is 2.16. The maximum atomic E-state index is 13.4. The molecule has 0 aromatic carbocycles. The number of ether oxygens (including phenoxy) is 2. The standard InChI is InChI=1S/C12H15FN2O4/c1-12(2,3)19-11(17)15-9-7(13)5-6-8(14-9)10(16)18-4/h5-6H,1-4H3,(H,14,15,17). The lowest BCUT2D eigenvalue weighted by molar-refractivity contribution is 0.0588. The second kappa shape index (κ2) is 5.64. The molecule has 0 atom stereocenters. The number of carbonyl (C=O) groups is 2. The maximum Gasteiger partial charge on any atom is 0.413 e.